The van der Waals surface area contributed by atoms with Gasteiger partial charge in [-0.25, -0.2) is 4.39 Å². The second kappa shape index (κ2) is 13.1. The molecule has 2 rings (SSSR count). The highest BCUT2D eigenvalue weighted by Crippen LogP contribution is 2.27. The van der Waals surface area contributed by atoms with E-state index < -0.39 is 0 Å². The predicted molar refractivity (Wildman–Crippen MR) is 119 cm³/mol. The number of nitrogens with one attached hydrogen (secondary N) is 1. The summed E-state index contributed by atoms with van der Waals surface area (Å²) in [5.74, 6) is 0.170. The first kappa shape index (κ1) is 24.0. The Morgan fingerprint density at radius 2 is 2.17 bits per heavy atom. The molecular formula is C23H35FN4O2. The Morgan fingerprint density at radius 1 is 1.33 bits per heavy atom. The molecule has 1 unspecified atom stereocenters. The van der Waals surface area contributed by atoms with Gasteiger partial charge in [0.15, 0.2) is 0 Å². The van der Waals surface area contributed by atoms with Crippen molar-refractivity contribution in [3.8, 4) is 0 Å². The summed E-state index contributed by atoms with van der Waals surface area (Å²) in [7, 11) is 0. The number of likely N-dealkylation sites (tertiary alicyclic amines) is 1. The molecule has 2 N–H and O–H groups in total. The van der Waals surface area contributed by atoms with Gasteiger partial charge in [0, 0.05) is 38.0 Å². The molecule has 0 aromatic carbocycles. The third-order valence-corrected chi connectivity index (χ3v) is 5.58. The van der Waals surface area contributed by atoms with Crippen LogP contribution >= 0.6 is 0 Å². The van der Waals surface area contributed by atoms with E-state index in [1.807, 2.05) is 13.0 Å². The number of halogens is 1. The van der Waals surface area contributed by atoms with E-state index in [-0.39, 0.29) is 11.7 Å². The summed E-state index contributed by atoms with van der Waals surface area (Å²) >= 11 is 0. The van der Waals surface area contributed by atoms with Crippen LogP contribution in [-0.4, -0.2) is 47.1 Å². The Morgan fingerprint density at radius 3 is 2.93 bits per heavy atom. The van der Waals surface area contributed by atoms with Crippen LogP contribution in [0.25, 0.3) is 0 Å². The van der Waals surface area contributed by atoms with E-state index >= 15 is 0 Å². The van der Waals surface area contributed by atoms with Crippen LogP contribution in [0, 0.1) is 5.92 Å². The van der Waals surface area contributed by atoms with E-state index in [9.17, 15) is 14.4 Å². The number of hydrogen-bond acceptors (Lipinski definition) is 5. The molecule has 1 heterocycles. The topological polar surface area (TPSA) is 77.3 Å². The molecule has 1 saturated heterocycles. The zero-order valence-electron chi connectivity index (χ0n) is 18.2. The standard InChI is InChI=1S/C23H35FN4O2/c1-18(25-11-12-26-19(2)29)17-28-13-6-7-20(10-14-28)15-22(27-30)16-21-8-4-3-5-9-23(21)24/h5,9,11-12,20,30H,3-4,6-8,10,13-17H2,1-2H3,(H,26,29)/b12-11-,25-18?,27-22-. The number of carbonyl (C=O) groups is 1. The molecule has 166 valence electrons. The fourth-order valence-corrected chi connectivity index (χ4v) is 4.03. The Labute approximate surface area is 179 Å². The van der Waals surface area contributed by atoms with Gasteiger partial charge in [-0.2, -0.15) is 0 Å². The normalized spacial score (nSPS) is 22.3. The second-order valence-electron chi connectivity index (χ2n) is 8.25. The fourth-order valence-electron chi connectivity index (χ4n) is 4.03. The maximum absolute atomic E-state index is 14.2. The van der Waals surface area contributed by atoms with Crippen LogP contribution in [0.15, 0.2) is 46.1 Å². The number of amides is 1. The summed E-state index contributed by atoms with van der Waals surface area (Å²) < 4.78 is 14.2. The summed E-state index contributed by atoms with van der Waals surface area (Å²) in [5, 5.41) is 15.6. The van der Waals surface area contributed by atoms with Gasteiger partial charge in [-0.15, -0.1) is 0 Å². The average Bonchev–Trinajstić information content (AvgIpc) is 3.05. The van der Waals surface area contributed by atoms with Crippen LogP contribution < -0.4 is 5.32 Å². The Balaban J connectivity index is 1.82. The first-order valence-electron chi connectivity index (χ1n) is 10.9. The number of rotatable bonds is 8. The molecule has 1 aliphatic heterocycles. The summed E-state index contributed by atoms with van der Waals surface area (Å²) in [4.78, 5) is 17.6. The molecule has 30 heavy (non-hydrogen) atoms. The lowest BCUT2D eigenvalue weighted by Crippen LogP contribution is -2.30. The molecule has 0 radical (unpaired) electrons. The van der Waals surface area contributed by atoms with Crippen molar-refractivity contribution in [3.63, 3.8) is 0 Å². The number of hydrogen-bond donors (Lipinski definition) is 2. The minimum atomic E-state index is -0.164. The largest absolute Gasteiger partial charge is 0.411 e. The molecule has 1 aliphatic carbocycles. The summed E-state index contributed by atoms with van der Waals surface area (Å²) in [6.45, 7) is 6.21. The average molecular weight is 419 g/mol. The monoisotopic (exact) mass is 418 g/mol. The van der Waals surface area contributed by atoms with Crippen molar-refractivity contribution in [2.24, 2.45) is 16.1 Å². The lowest BCUT2D eigenvalue weighted by molar-refractivity contribution is -0.118. The van der Waals surface area contributed by atoms with E-state index in [4.69, 9.17) is 0 Å². The van der Waals surface area contributed by atoms with Gasteiger partial charge < -0.3 is 10.5 Å². The van der Waals surface area contributed by atoms with Crippen LogP contribution in [0.3, 0.4) is 0 Å². The predicted octanol–water partition coefficient (Wildman–Crippen LogP) is 4.73. The van der Waals surface area contributed by atoms with Crippen LogP contribution in [-0.2, 0) is 4.79 Å². The smallest absolute Gasteiger partial charge is 0.220 e. The molecule has 1 fully saturated rings. The van der Waals surface area contributed by atoms with Gasteiger partial charge in [-0.05, 0) is 82.5 Å². The first-order chi connectivity index (χ1) is 14.5. The fraction of sp³-hybridized carbons (Fsp3) is 0.609. The molecule has 1 amide bonds. The van der Waals surface area contributed by atoms with E-state index in [1.165, 1.54) is 6.92 Å². The Kier molecular flexibility index (Phi) is 10.5. The molecule has 0 spiro atoms. The van der Waals surface area contributed by atoms with Crippen molar-refractivity contribution in [2.75, 3.05) is 19.6 Å². The Hall–Kier alpha value is -2.28. The van der Waals surface area contributed by atoms with Gasteiger partial charge in [0.05, 0.1) is 5.71 Å². The van der Waals surface area contributed by atoms with Crippen molar-refractivity contribution < 1.29 is 14.4 Å². The van der Waals surface area contributed by atoms with Crippen molar-refractivity contribution in [1.82, 2.24) is 10.2 Å². The van der Waals surface area contributed by atoms with Crippen LogP contribution in [0.2, 0.25) is 0 Å². The molecule has 0 aromatic heterocycles. The van der Waals surface area contributed by atoms with Crippen LogP contribution in [0.1, 0.15) is 65.2 Å². The number of carbonyl (C=O) groups excluding carboxylic acids is 1. The van der Waals surface area contributed by atoms with Crippen molar-refractivity contribution >= 4 is 17.3 Å². The van der Waals surface area contributed by atoms with Gasteiger partial charge in [0.25, 0.3) is 0 Å². The minimum Gasteiger partial charge on any atom is -0.411 e. The number of aliphatic imine (C=N–C) groups is 1. The molecule has 6 nitrogen and oxygen atoms in total. The van der Waals surface area contributed by atoms with Gasteiger partial charge in [-0.1, -0.05) is 11.2 Å². The second-order valence-corrected chi connectivity index (χ2v) is 8.25. The lowest BCUT2D eigenvalue weighted by atomic mass is 9.91. The molecule has 0 bridgehead atoms. The summed E-state index contributed by atoms with van der Waals surface area (Å²) in [6, 6.07) is 0. The van der Waals surface area contributed by atoms with Gasteiger partial charge in [-0.3, -0.25) is 14.7 Å². The van der Waals surface area contributed by atoms with Crippen molar-refractivity contribution in [1.29, 1.82) is 0 Å². The van der Waals surface area contributed by atoms with Crippen molar-refractivity contribution in [3.05, 3.63) is 36.0 Å². The third kappa shape index (κ3) is 9.03. The highest BCUT2D eigenvalue weighted by atomic mass is 19.1. The van der Waals surface area contributed by atoms with Crippen LogP contribution in [0.4, 0.5) is 4.39 Å². The minimum absolute atomic E-state index is 0.113. The quantitative estimate of drug-likeness (QED) is 0.340. The molecule has 7 heteroatoms. The molecule has 0 aromatic rings. The molecular weight excluding hydrogens is 383 g/mol. The molecule has 1 atom stereocenters. The lowest BCUT2D eigenvalue weighted by Gasteiger charge is -2.20. The van der Waals surface area contributed by atoms with Crippen molar-refractivity contribution in [2.45, 2.75) is 65.2 Å². The van der Waals surface area contributed by atoms with E-state index in [2.05, 4.69) is 20.4 Å². The number of oxime groups is 1. The highest BCUT2D eigenvalue weighted by Gasteiger charge is 2.20. The van der Waals surface area contributed by atoms with E-state index in [0.717, 1.165) is 75.9 Å². The Bertz CT molecular complexity index is 725. The zero-order chi connectivity index (χ0) is 21.8. The highest BCUT2D eigenvalue weighted by molar-refractivity contribution is 5.86. The first-order valence-corrected chi connectivity index (χ1v) is 10.9. The molecule has 0 saturated carbocycles. The van der Waals surface area contributed by atoms with Gasteiger partial charge >= 0.3 is 0 Å². The van der Waals surface area contributed by atoms with E-state index in [1.54, 1.807) is 18.5 Å². The maximum Gasteiger partial charge on any atom is 0.220 e. The maximum atomic E-state index is 14.2. The van der Waals surface area contributed by atoms with Gasteiger partial charge in [0.2, 0.25) is 5.91 Å². The summed E-state index contributed by atoms with van der Waals surface area (Å²) in [6.07, 6.45) is 13.5. The SMILES string of the molecule is CC(=O)N/C=C\N=C(C)CN1CCCC(C/C(CC2=C(F)C=CCCC2)=N/O)CC1. The molecule has 2 aliphatic rings. The van der Waals surface area contributed by atoms with Crippen LogP contribution in [0.5, 0.6) is 0 Å². The summed E-state index contributed by atoms with van der Waals surface area (Å²) in [5.41, 5.74) is 2.44. The third-order valence-electron chi connectivity index (χ3n) is 5.58. The number of allylic oxidation sites excluding steroid dienone is 4. The van der Waals surface area contributed by atoms with E-state index in [0.29, 0.717) is 18.1 Å². The van der Waals surface area contributed by atoms with Gasteiger partial charge in [0.1, 0.15) is 5.83 Å². The zero-order valence-corrected chi connectivity index (χ0v) is 18.2. The number of nitrogens with zero attached hydrogens (tertiary/aromatic N) is 3.